The van der Waals surface area contributed by atoms with Gasteiger partial charge >= 0.3 is 0 Å². The van der Waals surface area contributed by atoms with Crippen LogP contribution in [-0.2, 0) is 4.79 Å². The first-order valence-electron chi connectivity index (χ1n) is 8.18. The number of hydrogen-bond acceptors (Lipinski definition) is 4. The molecule has 7 heteroatoms. The first kappa shape index (κ1) is 22.1. The van der Waals surface area contributed by atoms with Crippen LogP contribution in [0.2, 0.25) is 0 Å². The third-order valence-corrected chi connectivity index (χ3v) is 4.40. The number of rotatable bonds is 5. The molecule has 1 saturated heterocycles. The second kappa shape index (κ2) is 10.3. The maximum Gasteiger partial charge on any atom is 0.241 e. The fourth-order valence-electron chi connectivity index (χ4n) is 3.09. The lowest BCUT2D eigenvalue weighted by Gasteiger charge is -2.22. The summed E-state index contributed by atoms with van der Waals surface area (Å²) >= 11 is 0. The van der Waals surface area contributed by atoms with Crippen LogP contribution in [0.15, 0.2) is 54.6 Å². The highest BCUT2D eigenvalue weighted by Gasteiger charge is 2.27. The van der Waals surface area contributed by atoms with E-state index < -0.39 is 6.04 Å². The summed E-state index contributed by atoms with van der Waals surface area (Å²) in [6.45, 7) is 1.64. The maximum absolute atomic E-state index is 12.4. The monoisotopic (exact) mass is 397 g/mol. The number of nitrogens with two attached hydrogens (primary N) is 1. The van der Waals surface area contributed by atoms with E-state index in [4.69, 9.17) is 10.5 Å². The maximum atomic E-state index is 12.4. The van der Waals surface area contributed by atoms with E-state index in [1.807, 2.05) is 54.6 Å². The zero-order chi connectivity index (χ0) is 16.9. The van der Waals surface area contributed by atoms with Crippen molar-refractivity contribution in [2.75, 3.05) is 25.1 Å². The van der Waals surface area contributed by atoms with Crippen molar-refractivity contribution in [1.82, 2.24) is 5.32 Å². The molecule has 2 aromatic rings. The fourth-order valence-corrected chi connectivity index (χ4v) is 3.09. The van der Waals surface area contributed by atoms with Gasteiger partial charge in [-0.1, -0.05) is 42.5 Å². The zero-order valence-corrected chi connectivity index (χ0v) is 16.3. The van der Waals surface area contributed by atoms with Gasteiger partial charge in [-0.3, -0.25) is 4.79 Å². The van der Waals surface area contributed by atoms with E-state index >= 15 is 0 Å². The first-order valence-corrected chi connectivity index (χ1v) is 8.18. The average Bonchev–Trinajstić information content (AvgIpc) is 3.10. The van der Waals surface area contributed by atoms with Crippen LogP contribution in [-0.4, -0.2) is 32.1 Å². The van der Waals surface area contributed by atoms with E-state index in [0.29, 0.717) is 0 Å². The largest absolute Gasteiger partial charge is 0.495 e. The van der Waals surface area contributed by atoms with Gasteiger partial charge in [-0.25, -0.2) is 0 Å². The van der Waals surface area contributed by atoms with Gasteiger partial charge < -0.3 is 20.7 Å². The van der Waals surface area contributed by atoms with Crippen LogP contribution in [0, 0.1) is 0 Å². The number of para-hydroxylation sites is 2. The molecular weight excluding hydrogens is 373 g/mol. The molecule has 3 N–H and O–H groups in total. The molecule has 0 aliphatic carbocycles. The number of halogens is 2. The first-order chi connectivity index (χ1) is 11.7. The molecule has 2 unspecified atom stereocenters. The third-order valence-electron chi connectivity index (χ3n) is 4.40. The Kier molecular flexibility index (Phi) is 8.72. The number of ether oxygens (including phenoxy) is 1. The Hall–Kier alpha value is -1.95. The summed E-state index contributed by atoms with van der Waals surface area (Å²) < 4.78 is 5.42. The zero-order valence-electron chi connectivity index (χ0n) is 14.6. The van der Waals surface area contributed by atoms with E-state index in [-0.39, 0.29) is 36.8 Å². The third kappa shape index (κ3) is 5.04. The summed E-state index contributed by atoms with van der Waals surface area (Å²) in [5.41, 5.74) is 7.95. The van der Waals surface area contributed by atoms with Crippen molar-refractivity contribution in [3.8, 4) is 5.75 Å². The molecule has 0 radical (unpaired) electrons. The predicted molar refractivity (Wildman–Crippen MR) is 110 cm³/mol. The highest BCUT2D eigenvalue weighted by molar-refractivity contribution is 5.85. The van der Waals surface area contributed by atoms with Gasteiger partial charge in [-0.15, -0.1) is 24.8 Å². The smallest absolute Gasteiger partial charge is 0.241 e. The van der Waals surface area contributed by atoms with Gasteiger partial charge in [-0.05, 0) is 24.1 Å². The van der Waals surface area contributed by atoms with Crippen LogP contribution >= 0.6 is 24.8 Å². The molecule has 26 heavy (non-hydrogen) atoms. The molecule has 0 aromatic heterocycles. The van der Waals surface area contributed by atoms with Crippen LogP contribution < -0.4 is 20.7 Å². The Morgan fingerprint density at radius 3 is 2.50 bits per heavy atom. The normalized spacial score (nSPS) is 16.8. The van der Waals surface area contributed by atoms with Gasteiger partial charge in [0.15, 0.2) is 0 Å². The lowest BCUT2D eigenvalue weighted by Crippen LogP contribution is -2.42. The molecule has 0 saturated carbocycles. The number of methoxy groups -OCH3 is 1. The standard InChI is InChI=1S/C19H23N3O2.2ClH/c1-24-17-10-6-5-9-16(17)22-12-11-15(13-22)21-19(23)18(20)14-7-3-2-4-8-14;;/h2-10,15,18H,11-13,20H2,1H3,(H,21,23);2*1H. The van der Waals surface area contributed by atoms with Crippen molar-refractivity contribution in [2.45, 2.75) is 18.5 Å². The quantitative estimate of drug-likeness (QED) is 0.813. The van der Waals surface area contributed by atoms with E-state index in [1.165, 1.54) is 0 Å². The minimum Gasteiger partial charge on any atom is -0.495 e. The molecule has 0 bridgehead atoms. The Balaban J connectivity index is 0.00000169. The second-order valence-electron chi connectivity index (χ2n) is 6.00. The van der Waals surface area contributed by atoms with Crippen molar-refractivity contribution in [2.24, 2.45) is 5.73 Å². The van der Waals surface area contributed by atoms with Gasteiger partial charge in [-0.2, -0.15) is 0 Å². The number of carbonyl (C=O) groups excluding carboxylic acids is 1. The Morgan fingerprint density at radius 2 is 1.81 bits per heavy atom. The van der Waals surface area contributed by atoms with E-state index in [9.17, 15) is 4.79 Å². The van der Waals surface area contributed by atoms with E-state index in [0.717, 1.165) is 36.5 Å². The van der Waals surface area contributed by atoms with Gasteiger partial charge in [0.25, 0.3) is 0 Å². The van der Waals surface area contributed by atoms with Gasteiger partial charge in [0, 0.05) is 19.1 Å². The Labute approximate surface area is 166 Å². The van der Waals surface area contributed by atoms with Crippen molar-refractivity contribution < 1.29 is 9.53 Å². The summed E-state index contributed by atoms with van der Waals surface area (Å²) in [4.78, 5) is 14.6. The van der Waals surface area contributed by atoms with Crippen LogP contribution in [0.25, 0.3) is 0 Å². The summed E-state index contributed by atoms with van der Waals surface area (Å²) in [7, 11) is 1.67. The van der Waals surface area contributed by atoms with Crippen molar-refractivity contribution >= 4 is 36.4 Å². The number of nitrogens with zero attached hydrogens (tertiary/aromatic N) is 1. The number of benzene rings is 2. The molecule has 5 nitrogen and oxygen atoms in total. The summed E-state index contributed by atoms with van der Waals surface area (Å²) in [6.07, 6.45) is 0.894. The van der Waals surface area contributed by atoms with E-state index in [1.54, 1.807) is 7.11 Å². The predicted octanol–water partition coefficient (Wildman–Crippen LogP) is 2.93. The summed E-state index contributed by atoms with van der Waals surface area (Å²) in [5, 5.41) is 3.07. The minimum absolute atomic E-state index is 0. The molecule has 1 amide bonds. The number of amides is 1. The van der Waals surface area contributed by atoms with Gasteiger partial charge in [0.2, 0.25) is 5.91 Å². The Morgan fingerprint density at radius 1 is 1.15 bits per heavy atom. The van der Waals surface area contributed by atoms with Crippen molar-refractivity contribution in [3.63, 3.8) is 0 Å². The molecule has 142 valence electrons. The summed E-state index contributed by atoms with van der Waals surface area (Å²) in [6, 6.07) is 16.8. The van der Waals surface area contributed by atoms with Crippen LogP contribution in [0.1, 0.15) is 18.0 Å². The van der Waals surface area contributed by atoms with Gasteiger partial charge in [0.1, 0.15) is 11.8 Å². The van der Waals surface area contributed by atoms with Crippen molar-refractivity contribution in [3.05, 3.63) is 60.2 Å². The average molecular weight is 398 g/mol. The molecule has 3 rings (SSSR count). The van der Waals surface area contributed by atoms with E-state index in [2.05, 4.69) is 10.2 Å². The number of nitrogens with one attached hydrogen (secondary N) is 1. The lowest BCUT2D eigenvalue weighted by molar-refractivity contribution is -0.123. The minimum atomic E-state index is -0.633. The molecule has 2 atom stereocenters. The topological polar surface area (TPSA) is 67.6 Å². The molecule has 1 aliphatic heterocycles. The van der Waals surface area contributed by atoms with Crippen molar-refractivity contribution in [1.29, 1.82) is 0 Å². The number of carbonyl (C=O) groups is 1. The molecule has 0 spiro atoms. The molecular formula is C19H25Cl2N3O2. The van der Waals surface area contributed by atoms with Crippen LogP contribution in [0.4, 0.5) is 5.69 Å². The Bertz CT molecular complexity index is 700. The number of anilines is 1. The molecule has 1 heterocycles. The molecule has 1 aliphatic rings. The lowest BCUT2D eigenvalue weighted by atomic mass is 10.1. The number of hydrogen-bond donors (Lipinski definition) is 2. The fraction of sp³-hybridized carbons (Fsp3) is 0.316. The summed E-state index contributed by atoms with van der Waals surface area (Å²) in [5.74, 6) is 0.721. The highest BCUT2D eigenvalue weighted by Crippen LogP contribution is 2.30. The van der Waals surface area contributed by atoms with Crippen LogP contribution in [0.5, 0.6) is 5.75 Å². The SMILES string of the molecule is COc1ccccc1N1CCC(NC(=O)C(N)c2ccccc2)C1.Cl.Cl. The molecule has 2 aromatic carbocycles. The van der Waals surface area contributed by atoms with Gasteiger partial charge in [0.05, 0.1) is 12.8 Å². The molecule has 1 fully saturated rings. The highest BCUT2D eigenvalue weighted by atomic mass is 35.5. The van der Waals surface area contributed by atoms with Crippen LogP contribution in [0.3, 0.4) is 0 Å². The second-order valence-corrected chi connectivity index (χ2v) is 6.00.